The van der Waals surface area contributed by atoms with Gasteiger partial charge in [-0.1, -0.05) is 36.4 Å². The van der Waals surface area contributed by atoms with E-state index >= 15 is 0 Å². The summed E-state index contributed by atoms with van der Waals surface area (Å²) >= 11 is 7.75. The van der Waals surface area contributed by atoms with Gasteiger partial charge in [0.15, 0.2) is 11.9 Å². The molecule has 1 aromatic carbocycles. The molecule has 5 nitrogen and oxygen atoms in total. The summed E-state index contributed by atoms with van der Waals surface area (Å²) in [6.07, 6.45) is 1.38. The number of thiophene rings is 1. The third-order valence-electron chi connectivity index (χ3n) is 3.71. The Morgan fingerprint density at radius 1 is 1.12 bits per heavy atom. The van der Waals surface area contributed by atoms with Crippen LogP contribution in [-0.2, 0) is 4.74 Å². The summed E-state index contributed by atoms with van der Waals surface area (Å²) in [5, 5.41) is 2.19. The second kappa shape index (κ2) is 6.32. The number of halogens is 1. The zero-order valence-corrected chi connectivity index (χ0v) is 14.3. The van der Waals surface area contributed by atoms with Crippen LogP contribution in [-0.4, -0.2) is 26.6 Å². The Kier molecular flexibility index (Phi) is 4.02. The van der Waals surface area contributed by atoms with Gasteiger partial charge in [-0.25, -0.2) is 9.97 Å². The maximum Gasteiger partial charge on any atom is 0.225 e. The molecule has 24 heavy (non-hydrogen) atoms. The Bertz CT molecular complexity index is 969. The van der Waals surface area contributed by atoms with Crippen LogP contribution in [0, 0.1) is 0 Å². The maximum atomic E-state index is 6.16. The molecule has 0 radical (unpaired) electrons. The minimum atomic E-state index is -0.335. The number of hydrogen-bond acceptors (Lipinski definition) is 5. The number of ether oxygens (including phenoxy) is 1. The van der Waals surface area contributed by atoms with Crippen molar-refractivity contribution in [1.29, 1.82) is 0 Å². The van der Waals surface area contributed by atoms with Crippen molar-refractivity contribution in [2.75, 3.05) is 7.11 Å². The first-order valence-electron chi connectivity index (χ1n) is 7.29. The quantitative estimate of drug-likeness (QED) is 0.508. The Labute approximate surface area is 147 Å². The van der Waals surface area contributed by atoms with E-state index < -0.39 is 0 Å². The highest BCUT2D eigenvalue weighted by molar-refractivity contribution is 7.13. The molecule has 0 aliphatic heterocycles. The molecule has 1 atom stereocenters. The predicted octanol–water partition coefficient (Wildman–Crippen LogP) is 4.40. The van der Waals surface area contributed by atoms with Crippen molar-refractivity contribution in [1.82, 2.24) is 19.5 Å². The van der Waals surface area contributed by atoms with Gasteiger partial charge in [0.25, 0.3) is 0 Å². The molecule has 0 fully saturated rings. The average molecular weight is 357 g/mol. The molecule has 0 spiro atoms. The van der Waals surface area contributed by atoms with E-state index in [1.54, 1.807) is 24.8 Å². The van der Waals surface area contributed by atoms with Gasteiger partial charge in [0.1, 0.15) is 11.2 Å². The Balaban J connectivity index is 1.92. The lowest BCUT2D eigenvalue weighted by molar-refractivity contribution is 0.0813. The van der Waals surface area contributed by atoms with Crippen molar-refractivity contribution >= 4 is 34.1 Å². The highest BCUT2D eigenvalue weighted by Gasteiger charge is 2.20. The lowest BCUT2D eigenvalue weighted by Gasteiger charge is -2.17. The number of fused-ring (bicyclic) bond motifs is 1. The summed E-state index contributed by atoms with van der Waals surface area (Å²) in [5.74, 6) is 0. The second-order valence-electron chi connectivity index (χ2n) is 5.14. The summed E-state index contributed by atoms with van der Waals surface area (Å²) in [7, 11) is 1.66. The van der Waals surface area contributed by atoms with Crippen LogP contribution in [0.3, 0.4) is 0 Å². The van der Waals surface area contributed by atoms with Crippen LogP contribution in [0.15, 0.2) is 54.2 Å². The molecule has 4 rings (SSSR count). The molecule has 0 bridgehead atoms. The van der Waals surface area contributed by atoms with Crippen molar-refractivity contribution in [2.45, 2.75) is 6.23 Å². The van der Waals surface area contributed by atoms with Crippen LogP contribution < -0.4 is 0 Å². The molecule has 0 saturated carbocycles. The minimum absolute atomic E-state index is 0.190. The standard InChI is InChI=1S/C17H13ClN4OS/c1-23-16(11-6-3-2-4-7-11)22-10-19-14-13(12-8-5-9-24-12)20-17(18)21-15(14)22/h2-10,16H,1H3. The normalized spacial score (nSPS) is 12.6. The fourth-order valence-corrected chi connectivity index (χ4v) is 3.55. The number of benzene rings is 1. The van der Waals surface area contributed by atoms with Gasteiger partial charge in [0.05, 0.1) is 11.2 Å². The fourth-order valence-electron chi connectivity index (χ4n) is 2.67. The zero-order valence-electron chi connectivity index (χ0n) is 12.8. The van der Waals surface area contributed by atoms with Crippen molar-refractivity contribution in [3.63, 3.8) is 0 Å². The SMILES string of the molecule is COC(c1ccccc1)n1cnc2c(-c3cccs3)nc(Cl)nc21. The van der Waals surface area contributed by atoms with Crippen LogP contribution in [0.2, 0.25) is 5.28 Å². The number of nitrogens with zero attached hydrogens (tertiary/aromatic N) is 4. The van der Waals surface area contributed by atoms with Crippen LogP contribution in [0.4, 0.5) is 0 Å². The van der Waals surface area contributed by atoms with Crippen LogP contribution >= 0.6 is 22.9 Å². The molecular weight excluding hydrogens is 344 g/mol. The summed E-state index contributed by atoms with van der Waals surface area (Å²) in [4.78, 5) is 14.3. The lowest BCUT2D eigenvalue weighted by atomic mass is 10.2. The predicted molar refractivity (Wildman–Crippen MR) is 95.2 cm³/mol. The lowest BCUT2D eigenvalue weighted by Crippen LogP contribution is -2.12. The van der Waals surface area contributed by atoms with Crippen LogP contribution in [0.1, 0.15) is 11.8 Å². The highest BCUT2D eigenvalue weighted by atomic mass is 35.5. The Morgan fingerprint density at radius 3 is 2.67 bits per heavy atom. The second-order valence-corrected chi connectivity index (χ2v) is 6.43. The number of methoxy groups -OCH3 is 1. The van der Waals surface area contributed by atoms with Gasteiger partial charge in [-0.2, -0.15) is 4.98 Å². The first kappa shape index (κ1) is 15.3. The van der Waals surface area contributed by atoms with E-state index in [0.29, 0.717) is 11.2 Å². The number of aromatic nitrogens is 4. The summed E-state index contributed by atoms with van der Waals surface area (Å²) in [6.45, 7) is 0. The molecular formula is C17H13ClN4OS. The van der Waals surface area contributed by atoms with Crippen molar-refractivity contribution in [2.24, 2.45) is 0 Å². The summed E-state index contributed by atoms with van der Waals surface area (Å²) in [6, 6.07) is 13.9. The topological polar surface area (TPSA) is 52.8 Å². The Hall–Kier alpha value is -2.28. The molecule has 1 unspecified atom stereocenters. The van der Waals surface area contributed by atoms with Gasteiger partial charge in [0, 0.05) is 12.7 Å². The van der Waals surface area contributed by atoms with Gasteiger partial charge in [-0.3, -0.25) is 4.57 Å². The van der Waals surface area contributed by atoms with E-state index in [2.05, 4.69) is 15.0 Å². The monoisotopic (exact) mass is 356 g/mol. The van der Waals surface area contributed by atoms with E-state index in [0.717, 1.165) is 16.1 Å². The minimum Gasteiger partial charge on any atom is -0.357 e. The van der Waals surface area contributed by atoms with Gasteiger partial charge in [-0.15, -0.1) is 11.3 Å². The van der Waals surface area contributed by atoms with E-state index in [1.165, 1.54) is 0 Å². The third kappa shape index (κ3) is 2.58. The number of imidazole rings is 1. The van der Waals surface area contributed by atoms with Gasteiger partial charge in [-0.05, 0) is 23.0 Å². The van der Waals surface area contributed by atoms with Gasteiger partial charge >= 0.3 is 0 Å². The number of hydrogen-bond donors (Lipinski definition) is 0. The molecule has 3 heterocycles. The van der Waals surface area contributed by atoms with Crippen LogP contribution in [0.5, 0.6) is 0 Å². The molecule has 4 aromatic rings. The maximum absolute atomic E-state index is 6.16. The summed E-state index contributed by atoms with van der Waals surface area (Å²) < 4.78 is 7.55. The zero-order chi connectivity index (χ0) is 16.5. The summed E-state index contributed by atoms with van der Waals surface area (Å²) in [5.41, 5.74) is 3.10. The fraction of sp³-hybridized carbons (Fsp3) is 0.118. The molecule has 0 saturated heterocycles. The largest absolute Gasteiger partial charge is 0.357 e. The molecule has 3 aromatic heterocycles. The number of rotatable bonds is 4. The Morgan fingerprint density at radius 2 is 1.96 bits per heavy atom. The smallest absolute Gasteiger partial charge is 0.225 e. The van der Waals surface area contributed by atoms with E-state index in [1.807, 2.05) is 52.4 Å². The molecule has 0 N–H and O–H groups in total. The van der Waals surface area contributed by atoms with E-state index in [-0.39, 0.29) is 11.5 Å². The molecule has 7 heteroatoms. The van der Waals surface area contributed by atoms with E-state index in [9.17, 15) is 0 Å². The van der Waals surface area contributed by atoms with E-state index in [4.69, 9.17) is 16.3 Å². The highest BCUT2D eigenvalue weighted by Crippen LogP contribution is 2.31. The van der Waals surface area contributed by atoms with Crippen molar-refractivity contribution in [3.05, 3.63) is 65.0 Å². The average Bonchev–Trinajstić information content (AvgIpc) is 3.26. The van der Waals surface area contributed by atoms with Crippen LogP contribution in [0.25, 0.3) is 21.7 Å². The third-order valence-corrected chi connectivity index (χ3v) is 4.75. The molecule has 0 amide bonds. The first-order chi connectivity index (χ1) is 11.8. The van der Waals surface area contributed by atoms with Gasteiger partial charge < -0.3 is 4.74 Å². The van der Waals surface area contributed by atoms with Gasteiger partial charge in [0.2, 0.25) is 5.28 Å². The first-order valence-corrected chi connectivity index (χ1v) is 8.55. The molecule has 0 aliphatic rings. The van der Waals surface area contributed by atoms with Crippen molar-refractivity contribution in [3.8, 4) is 10.6 Å². The molecule has 120 valence electrons. The molecule has 0 aliphatic carbocycles. The van der Waals surface area contributed by atoms with Crippen molar-refractivity contribution < 1.29 is 4.74 Å².